The number of aromatic nitrogens is 8. The van der Waals surface area contributed by atoms with Crippen LogP contribution in [0.4, 0.5) is 132 Å². The van der Waals surface area contributed by atoms with Gasteiger partial charge in [0, 0.05) is 98.4 Å². The average Bonchev–Trinajstić information content (AvgIpc) is 1.55. The molecule has 0 fully saturated rings. The van der Waals surface area contributed by atoms with E-state index in [-0.39, 0.29) is 0 Å². The van der Waals surface area contributed by atoms with E-state index < -0.39 is 351 Å². The van der Waals surface area contributed by atoms with E-state index in [1.54, 1.807) is 0 Å². The molecule has 14 aromatic rings. The number of aromatic amines is 6. The van der Waals surface area contributed by atoms with Crippen molar-refractivity contribution in [3.63, 3.8) is 0 Å². The minimum Gasteiger partial charge on any atom is -0.354 e. The molecule has 0 spiro atoms. The molecule has 564 valence electrons. The van der Waals surface area contributed by atoms with Gasteiger partial charge in [-0.1, -0.05) is 0 Å². The number of halogens is 30. The largest absolute Gasteiger partial charge is 0.354 e. The van der Waals surface area contributed by atoms with Crippen molar-refractivity contribution in [3.8, 4) is 66.8 Å². The first-order valence-electron chi connectivity index (χ1n) is 31.0. The molecule has 0 radical (unpaired) electrons. The molecular formula is C74H18F30N8. The highest BCUT2D eigenvalue weighted by atomic mass is 19.2. The van der Waals surface area contributed by atoms with Crippen LogP contribution >= 0.6 is 0 Å². The van der Waals surface area contributed by atoms with Crippen LogP contribution in [-0.4, -0.2) is 39.9 Å². The molecule has 0 unspecified atom stereocenters. The highest BCUT2D eigenvalue weighted by Crippen LogP contribution is 2.48. The fourth-order valence-corrected chi connectivity index (χ4v) is 14.0. The summed E-state index contributed by atoms with van der Waals surface area (Å²) in [6, 6.07) is 4.66. The predicted molar refractivity (Wildman–Crippen MR) is 337 cm³/mol. The Kier molecular flexibility index (Phi) is 15.7. The first-order chi connectivity index (χ1) is 53.1. The minimum atomic E-state index is -2.87. The Bertz CT molecular complexity index is 6800. The van der Waals surface area contributed by atoms with E-state index in [1.165, 1.54) is 0 Å². The molecule has 0 atom stereocenters. The predicted octanol–water partition coefficient (Wildman–Crippen LogP) is 22.8. The molecule has 1 aliphatic carbocycles. The lowest BCUT2D eigenvalue weighted by Crippen LogP contribution is -2.05. The van der Waals surface area contributed by atoms with Gasteiger partial charge in [0.25, 0.3) is 0 Å². The van der Waals surface area contributed by atoms with Gasteiger partial charge in [0.05, 0.1) is 78.2 Å². The van der Waals surface area contributed by atoms with Gasteiger partial charge in [-0.15, -0.1) is 0 Å². The minimum absolute atomic E-state index is 0.526. The maximum absolute atomic E-state index is 17.0. The van der Waals surface area contributed by atoms with Crippen LogP contribution in [0.1, 0.15) is 22.8 Å². The Hall–Kier alpha value is -13.3. The number of nitrogens with one attached hydrogen (secondary N) is 6. The van der Waals surface area contributed by atoms with Gasteiger partial charge in [-0.3, -0.25) is 0 Å². The van der Waals surface area contributed by atoms with Crippen molar-refractivity contribution in [1.29, 1.82) is 0 Å². The lowest BCUT2D eigenvalue weighted by atomic mass is 10.0. The number of fused-ring (bicyclic) bond motifs is 12. The number of nitrogens with zero attached hydrogens (tertiary/aromatic N) is 2. The topological polar surface area (TPSA) is 121 Å². The van der Waals surface area contributed by atoms with Gasteiger partial charge in [-0.2, -0.15) is 0 Å². The molecule has 8 aromatic heterocycles. The van der Waals surface area contributed by atoms with Crippen molar-refractivity contribution in [2.45, 2.75) is 0 Å². The lowest BCUT2D eigenvalue weighted by molar-refractivity contribution is 0.381. The molecule has 17 rings (SSSR count). The molecule has 6 aromatic carbocycles. The standard InChI is InChI=1S/C74H18F30N8/c75-41-35(42(76)54(88)65(99)53(41)87)29-17-1-5-21(105-17)31(37-45(79)57(91)67(101)58(92)46(37)80)25-9-13-14-10-27-33(39-49(83)61(95)69(103)62(96)50(39)84)23-7-3-19(107-23)30(36-43(77)55(89)66(100)56(90)44(36)78)20-4-8-24(108-20)34(40-51(85)63(97)70(104)64(98)52(40)86)28-12-16(74(112-28)73(14)111-27)15-11-26(110-72(15)71(13)109-25)32(22-6-2-18(29)106-22)38-47(81)59(93)68(102)60(94)48(38)82/h1-12,105,107,109-112H. The summed E-state index contributed by atoms with van der Waals surface area (Å²) >= 11 is 0. The van der Waals surface area contributed by atoms with Gasteiger partial charge in [-0.05, 0) is 72.8 Å². The maximum atomic E-state index is 17.0. The molecule has 10 heterocycles. The van der Waals surface area contributed by atoms with E-state index in [0.29, 0.717) is 72.8 Å². The van der Waals surface area contributed by atoms with Crippen molar-refractivity contribution in [2.75, 3.05) is 0 Å². The van der Waals surface area contributed by atoms with E-state index in [4.69, 9.17) is 0 Å². The van der Waals surface area contributed by atoms with Gasteiger partial charge in [-0.25, -0.2) is 142 Å². The van der Waals surface area contributed by atoms with Crippen LogP contribution in [0.15, 0.2) is 48.5 Å². The molecule has 8 nitrogen and oxygen atoms in total. The Morgan fingerprint density at radius 2 is 0.295 bits per heavy atom. The van der Waals surface area contributed by atoms with Gasteiger partial charge in [0.2, 0.25) is 34.9 Å². The second-order valence-corrected chi connectivity index (χ2v) is 24.8. The molecule has 3 aliphatic rings. The molecule has 0 saturated carbocycles. The zero-order valence-corrected chi connectivity index (χ0v) is 53.2. The highest BCUT2D eigenvalue weighted by Gasteiger charge is 2.38. The molecule has 16 bridgehead atoms. The molecule has 2 aliphatic heterocycles. The second-order valence-electron chi connectivity index (χ2n) is 24.8. The van der Waals surface area contributed by atoms with Gasteiger partial charge >= 0.3 is 0 Å². The monoisotopic (exact) mass is 1590 g/mol. The molecule has 112 heavy (non-hydrogen) atoms. The van der Waals surface area contributed by atoms with Crippen LogP contribution in [-0.2, 0) is 0 Å². The molecule has 6 N–H and O–H groups in total. The molecular weight excluding hydrogens is 1570 g/mol. The van der Waals surface area contributed by atoms with Crippen LogP contribution in [0.3, 0.4) is 0 Å². The van der Waals surface area contributed by atoms with Gasteiger partial charge in [0.1, 0.15) is 0 Å². The summed E-state index contributed by atoms with van der Waals surface area (Å²) in [5.74, 6) is -83.5. The van der Waals surface area contributed by atoms with Crippen LogP contribution in [0.5, 0.6) is 0 Å². The molecule has 0 saturated heterocycles. The van der Waals surface area contributed by atoms with E-state index in [0.717, 1.165) is 0 Å². The Labute approximate surface area is 593 Å². The van der Waals surface area contributed by atoms with Crippen molar-refractivity contribution in [1.82, 2.24) is 39.9 Å². The first-order valence-corrected chi connectivity index (χ1v) is 31.0. The summed E-state index contributed by atoms with van der Waals surface area (Å²) in [6.45, 7) is 0. The summed E-state index contributed by atoms with van der Waals surface area (Å²) in [7, 11) is 0. The van der Waals surface area contributed by atoms with E-state index in [2.05, 4.69) is 39.9 Å². The van der Waals surface area contributed by atoms with Gasteiger partial charge < -0.3 is 29.9 Å². The maximum Gasteiger partial charge on any atom is 0.200 e. The number of hydrogen-bond acceptors (Lipinski definition) is 2. The zero-order valence-electron chi connectivity index (χ0n) is 53.2. The van der Waals surface area contributed by atoms with Crippen LogP contribution in [0.25, 0.3) is 157 Å². The third-order valence-electron chi connectivity index (χ3n) is 18.9. The number of hydrogen-bond donors (Lipinski definition) is 6. The van der Waals surface area contributed by atoms with Crippen molar-refractivity contribution >= 4 is 90.5 Å². The smallest absolute Gasteiger partial charge is 0.200 e. The summed E-state index contributed by atoms with van der Waals surface area (Å²) in [4.78, 5) is 23.1. The van der Waals surface area contributed by atoms with E-state index >= 15 is 123 Å². The van der Waals surface area contributed by atoms with E-state index in [9.17, 15) is 8.78 Å². The summed E-state index contributed by atoms with van der Waals surface area (Å²) < 4.78 is 483. The summed E-state index contributed by atoms with van der Waals surface area (Å²) in [5, 5.41) is -3.29. The lowest BCUT2D eigenvalue weighted by Gasteiger charge is -2.11. The third kappa shape index (κ3) is 9.66. The Morgan fingerprint density at radius 3 is 0.482 bits per heavy atom. The Morgan fingerprint density at radius 1 is 0.152 bits per heavy atom. The van der Waals surface area contributed by atoms with Crippen LogP contribution < -0.4 is 0 Å². The fourth-order valence-electron chi connectivity index (χ4n) is 14.0. The fraction of sp³-hybridized carbons (Fsp3) is 0. The molecule has 38 heteroatoms. The zero-order chi connectivity index (χ0) is 79.9. The summed E-state index contributed by atoms with van der Waals surface area (Å²) in [5.41, 5.74) is -37.7. The van der Waals surface area contributed by atoms with Crippen LogP contribution in [0, 0.1) is 195 Å². The highest BCUT2D eigenvalue weighted by molar-refractivity contribution is 6.05. The van der Waals surface area contributed by atoms with Crippen LogP contribution in [0.2, 0.25) is 0 Å². The number of benzene rings is 6. The summed E-state index contributed by atoms with van der Waals surface area (Å²) in [6.07, 6.45) is 2.11. The van der Waals surface area contributed by atoms with Crippen molar-refractivity contribution in [2.24, 2.45) is 0 Å². The van der Waals surface area contributed by atoms with E-state index in [1.807, 2.05) is 0 Å². The average molecular weight is 1590 g/mol. The molecule has 0 amide bonds. The quantitative estimate of drug-likeness (QED) is 0.0565. The Balaban J connectivity index is 1.23. The normalized spacial score (nSPS) is 12.5. The van der Waals surface area contributed by atoms with Crippen molar-refractivity contribution in [3.05, 3.63) is 267 Å². The SMILES string of the molecule is Fc1c(F)c(F)c(-c2c3nc(c(-c4c(F)c(F)c(F)c(F)c4F)c4cc5c([nH]4)c4[nH]c(cc4=c4cc6[nH]c4c4[nH]c(cc4=5)c(-c4c(F)c(F)c(F)c(F)c4F)c4nc(c(-c5c(F)c(F)c(F)c(F)c5F)c5ccc([nH]5)c6-c5c(F)c(F)c(F)c(F)c5F)C=C4)c(-c4c(F)c(F)c(F)c(F)c4F)c4ccc2[nH]4)C=C3)c(F)c1F. The van der Waals surface area contributed by atoms with Gasteiger partial charge in [0.15, 0.2) is 140 Å². The first kappa shape index (κ1) is 71.6. The van der Waals surface area contributed by atoms with Crippen molar-refractivity contribution < 1.29 is 132 Å². The number of rotatable bonds is 6. The second kappa shape index (κ2) is 24.6. The number of H-pyrrole nitrogens is 6. The third-order valence-corrected chi connectivity index (χ3v) is 18.9.